The molecule has 0 amide bonds. The Morgan fingerprint density at radius 3 is 1.45 bits per heavy atom. The standard InChI is InChI=1S/C48H35FN4/c1-30-24-31(2)47(32(3)25-30)51-23-22-50-48(51)33-20-21-42(49)41(28-33)34-26-35(52-43-16-8-4-12-37(43)38-13-5-9-17-44(38)52)29-36(27-34)53-45-18-10-6-14-39(45)40-15-7-11-19-46(40)53/h4-29H,1-3H3. The van der Waals surface area contributed by atoms with Gasteiger partial charge in [0.15, 0.2) is 0 Å². The zero-order chi connectivity index (χ0) is 35.8. The highest BCUT2D eigenvalue weighted by Gasteiger charge is 2.20. The number of halogens is 1. The molecule has 0 N–H and O–H groups in total. The van der Waals surface area contributed by atoms with E-state index < -0.39 is 0 Å². The number of rotatable bonds is 5. The molecule has 0 spiro atoms. The topological polar surface area (TPSA) is 27.7 Å². The van der Waals surface area contributed by atoms with Gasteiger partial charge in [-0.15, -0.1) is 0 Å². The third kappa shape index (κ3) is 4.85. The lowest BCUT2D eigenvalue weighted by molar-refractivity contribution is 0.631. The molecule has 10 rings (SSSR count). The first-order valence-corrected chi connectivity index (χ1v) is 18.0. The van der Waals surface area contributed by atoms with Crippen LogP contribution in [0, 0.1) is 26.6 Å². The quantitative estimate of drug-likeness (QED) is 0.177. The molecule has 0 aliphatic rings. The molecule has 0 saturated heterocycles. The third-order valence-corrected chi connectivity index (χ3v) is 10.6. The van der Waals surface area contributed by atoms with Gasteiger partial charge in [0.05, 0.1) is 27.8 Å². The number of aromatic nitrogens is 4. The van der Waals surface area contributed by atoms with Crippen LogP contribution in [0.4, 0.5) is 4.39 Å². The largest absolute Gasteiger partial charge is 0.309 e. The lowest BCUT2D eigenvalue weighted by atomic mass is 10.00. The summed E-state index contributed by atoms with van der Waals surface area (Å²) in [6, 6.07) is 50.3. The van der Waals surface area contributed by atoms with Crippen LogP contribution < -0.4 is 0 Å². The summed E-state index contributed by atoms with van der Waals surface area (Å²) < 4.78 is 23.2. The number of benzene rings is 7. The number of hydrogen-bond acceptors (Lipinski definition) is 1. The number of para-hydroxylation sites is 4. The van der Waals surface area contributed by atoms with Crippen molar-refractivity contribution in [2.75, 3.05) is 0 Å². The second-order valence-corrected chi connectivity index (χ2v) is 14.0. The third-order valence-electron chi connectivity index (χ3n) is 10.6. The highest BCUT2D eigenvalue weighted by atomic mass is 19.1. The van der Waals surface area contributed by atoms with E-state index in [2.05, 4.69) is 162 Å². The van der Waals surface area contributed by atoms with Crippen LogP contribution in [0.3, 0.4) is 0 Å². The molecule has 0 atom stereocenters. The maximum absolute atomic E-state index is 16.4. The smallest absolute Gasteiger partial charge is 0.144 e. The van der Waals surface area contributed by atoms with Crippen LogP contribution in [0.5, 0.6) is 0 Å². The van der Waals surface area contributed by atoms with Gasteiger partial charge >= 0.3 is 0 Å². The molecule has 53 heavy (non-hydrogen) atoms. The Morgan fingerprint density at radius 2 is 0.962 bits per heavy atom. The molecule has 3 heterocycles. The van der Waals surface area contributed by atoms with Crippen molar-refractivity contribution in [1.29, 1.82) is 0 Å². The Balaban J connectivity index is 1.25. The van der Waals surface area contributed by atoms with Crippen molar-refractivity contribution in [3.05, 3.63) is 180 Å². The van der Waals surface area contributed by atoms with Gasteiger partial charge in [-0.05, 0) is 98.1 Å². The average molecular weight is 687 g/mol. The van der Waals surface area contributed by atoms with Gasteiger partial charge in [0.25, 0.3) is 0 Å². The Morgan fingerprint density at radius 1 is 0.491 bits per heavy atom. The van der Waals surface area contributed by atoms with Gasteiger partial charge in [0, 0.05) is 56.4 Å². The molecule has 0 bridgehead atoms. The molecule has 0 aliphatic carbocycles. The van der Waals surface area contributed by atoms with Crippen molar-refractivity contribution in [3.8, 4) is 39.6 Å². The summed E-state index contributed by atoms with van der Waals surface area (Å²) >= 11 is 0. The summed E-state index contributed by atoms with van der Waals surface area (Å²) in [6.07, 6.45) is 3.81. The molecular weight excluding hydrogens is 652 g/mol. The molecule has 3 aromatic heterocycles. The van der Waals surface area contributed by atoms with Crippen molar-refractivity contribution in [2.45, 2.75) is 20.8 Å². The summed E-state index contributed by atoms with van der Waals surface area (Å²) in [5, 5.41) is 4.70. The van der Waals surface area contributed by atoms with Gasteiger partial charge in [0.2, 0.25) is 0 Å². The minimum Gasteiger partial charge on any atom is -0.309 e. The number of hydrogen-bond donors (Lipinski definition) is 0. The normalized spacial score (nSPS) is 11.8. The lowest BCUT2D eigenvalue weighted by Gasteiger charge is -2.17. The molecule has 10 aromatic rings. The summed E-state index contributed by atoms with van der Waals surface area (Å²) in [7, 11) is 0. The molecule has 0 unspecified atom stereocenters. The van der Waals surface area contributed by atoms with Gasteiger partial charge in [-0.3, -0.25) is 4.57 Å². The Hall–Kier alpha value is -6.72. The lowest BCUT2D eigenvalue weighted by Crippen LogP contribution is -2.03. The fraction of sp³-hybridized carbons (Fsp3) is 0.0625. The molecule has 254 valence electrons. The summed E-state index contributed by atoms with van der Waals surface area (Å²) in [4.78, 5) is 4.82. The Labute approximate surface area is 306 Å². The Bertz CT molecular complexity index is 2800. The number of imidazole rings is 1. The monoisotopic (exact) mass is 686 g/mol. The van der Waals surface area contributed by atoms with Gasteiger partial charge in [-0.25, -0.2) is 9.37 Å². The predicted octanol–water partition coefficient (Wildman–Crippen LogP) is 12.5. The first-order valence-electron chi connectivity index (χ1n) is 18.0. The first-order chi connectivity index (χ1) is 25.9. The molecule has 0 fully saturated rings. The van der Waals surface area contributed by atoms with E-state index >= 15 is 4.39 Å². The van der Waals surface area contributed by atoms with Crippen molar-refractivity contribution in [2.24, 2.45) is 0 Å². The minimum atomic E-state index is -0.290. The second kappa shape index (κ2) is 11.9. The van der Waals surface area contributed by atoms with E-state index in [9.17, 15) is 0 Å². The molecule has 5 heteroatoms. The van der Waals surface area contributed by atoms with Gasteiger partial charge in [0.1, 0.15) is 11.6 Å². The van der Waals surface area contributed by atoms with Crippen LogP contribution in [0.25, 0.3) is 83.2 Å². The van der Waals surface area contributed by atoms with Gasteiger partial charge < -0.3 is 9.13 Å². The molecule has 7 aromatic carbocycles. The van der Waals surface area contributed by atoms with Crippen LogP contribution >= 0.6 is 0 Å². The number of nitrogens with zero attached hydrogens (tertiary/aromatic N) is 4. The van der Waals surface area contributed by atoms with Crippen LogP contribution in [0.1, 0.15) is 16.7 Å². The van der Waals surface area contributed by atoms with Crippen LogP contribution in [0.2, 0.25) is 0 Å². The summed E-state index contributed by atoms with van der Waals surface area (Å²) in [5.41, 5.74) is 13.1. The summed E-state index contributed by atoms with van der Waals surface area (Å²) in [6.45, 7) is 6.38. The van der Waals surface area contributed by atoms with E-state index in [-0.39, 0.29) is 5.82 Å². The molecule has 0 radical (unpaired) electrons. The van der Waals surface area contributed by atoms with E-state index in [4.69, 9.17) is 4.98 Å². The fourth-order valence-electron chi connectivity index (χ4n) is 8.55. The van der Waals surface area contributed by atoms with Crippen molar-refractivity contribution in [3.63, 3.8) is 0 Å². The maximum Gasteiger partial charge on any atom is 0.144 e. The maximum atomic E-state index is 16.4. The van der Waals surface area contributed by atoms with Crippen LogP contribution in [-0.2, 0) is 0 Å². The van der Waals surface area contributed by atoms with Crippen LogP contribution in [-0.4, -0.2) is 18.7 Å². The predicted molar refractivity (Wildman–Crippen MR) is 217 cm³/mol. The van der Waals surface area contributed by atoms with E-state index in [1.165, 1.54) is 38.2 Å². The highest BCUT2D eigenvalue weighted by molar-refractivity contribution is 6.10. The highest BCUT2D eigenvalue weighted by Crippen LogP contribution is 2.39. The van der Waals surface area contributed by atoms with Gasteiger partial charge in [-0.2, -0.15) is 0 Å². The van der Waals surface area contributed by atoms with E-state index in [0.717, 1.165) is 56.1 Å². The SMILES string of the molecule is Cc1cc(C)c(-n2ccnc2-c2ccc(F)c(-c3cc(-n4c5ccccc5c5ccccc54)cc(-n4c5ccccc5c5ccccc54)c3)c2)c(C)c1. The number of aryl methyl sites for hydroxylation is 3. The second-order valence-electron chi connectivity index (χ2n) is 14.0. The van der Waals surface area contributed by atoms with Crippen molar-refractivity contribution in [1.82, 2.24) is 18.7 Å². The molecular formula is C48H35FN4. The zero-order valence-electron chi connectivity index (χ0n) is 29.7. The molecule has 4 nitrogen and oxygen atoms in total. The summed E-state index contributed by atoms with van der Waals surface area (Å²) in [5.74, 6) is 0.476. The average Bonchev–Trinajstić information content (AvgIpc) is 3.88. The zero-order valence-corrected chi connectivity index (χ0v) is 29.7. The molecule has 0 saturated carbocycles. The first kappa shape index (κ1) is 31.1. The van der Waals surface area contributed by atoms with E-state index in [1.54, 1.807) is 6.07 Å². The Kier molecular flexibility index (Phi) is 6.99. The minimum absolute atomic E-state index is 0.290. The van der Waals surface area contributed by atoms with E-state index in [0.29, 0.717) is 5.56 Å². The fourth-order valence-corrected chi connectivity index (χ4v) is 8.55. The van der Waals surface area contributed by atoms with Crippen molar-refractivity contribution < 1.29 is 4.39 Å². The van der Waals surface area contributed by atoms with Crippen molar-refractivity contribution >= 4 is 43.6 Å². The van der Waals surface area contributed by atoms with Gasteiger partial charge in [-0.1, -0.05) is 90.5 Å². The van der Waals surface area contributed by atoms with Crippen LogP contribution in [0.15, 0.2) is 158 Å². The molecule has 0 aliphatic heterocycles. The van der Waals surface area contributed by atoms with E-state index in [1.807, 2.05) is 24.5 Å². The number of fused-ring (bicyclic) bond motifs is 6.